The molecule has 0 amide bonds. The molecule has 0 spiro atoms. The lowest BCUT2D eigenvalue weighted by Crippen LogP contribution is -2.42. The van der Waals surface area contributed by atoms with Gasteiger partial charge in [0.2, 0.25) is 0 Å². The summed E-state index contributed by atoms with van der Waals surface area (Å²) in [6, 6.07) is 9.54. The van der Waals surface area contributed by atoms with Crippen LogP contribution < -0.4 is 0 Å². The van der Waals surface area contributed by atoms with Crippen LogP contribution in [0.2, 0.25) is 16.6 Å². The van der Waals surface area contributed by atoms with Crippen LogP contribution in [0, 0.1) is 0 Å². The van der Waals surface area contributed by atoms with Gasteiger partial charge < -0.3 is 0 Å². The van der Waals surface area contributed by atoms with Gasteiger partial charge in [0, 0.05) is 5.56 Å². The van der Waals surface area contributed by atoms with E-state index in [1.165, 1.54) is 0 Å². The average Bonchev–Trinajstić information content (AvgIpc) is 2.38. The van der Waals surface area contributed by atoms with Crippen molar-refractivity contribution in [3.63, 3.8) is 0 Å². The summed E-state index contributed by atoms with van der Waals surface area (Å²) in [5.41, 5.74) is 5.00. The third-order valence-corrected chi connectivity index (χ3v) is 11.3. The Bertz CT molecular complexity index is 436. The number of rotatable bonds is 6. The summed E-state index contributed by atoms with van der Waals surface area (Å²) in [6.07, 6.45) is 1.83. The van der Waals surface area contributed by atoms with Crippen LogP contribution in [0.3, 0.4) is 0 Å². The predicted molar refractivity (Wildman–Crippen MR) is 91.0 cm³/mol. The van der Waals surface area contributed by atoms with Crippen LogP contribution in [0.1, 0.15) is 51.9 Å². The van der Waals surface area contributed by atoms with Gasteiger partial charge in [-0.3, -0.25) is 4.79 Å². The van der Waals surface area contributed by atoms with Crippen LogP contribution in [0.5, 0.6) is 0 Å². The van der Waals surface area contributed by atoms with Crippen molar-refractivity contribution in [3.8, 4) is 0 Å². The largest absolute Gasteiger partial charge is 0.289 e. The van der Waals surface area contributed by atoms with E-state index in [9.17, 15) is 4.79 Å². The van der Waals surface area contributed by atoms with Gasteiger partial charge in [-0.2, -0.15) is 0 Å². The van der Waals surface area contributed by atoms with E-state index in [0.717, 1.165) is 5.56 Å². The summed E-state index contributed by atoms with van der Waals surface area (Å²) in [5.74, 6) is 0.129. The number of hydrogen-bond donors (Lipinski definition) is 0. The fraction of sp³-hybridized carbons (Fsp3) is 0.500. The second kappa shape index (κ2) is 7.03. The quantitative estimate of drug-likeness (QED) is 0.376. The first-order chi connectivity index (χ1) is 9.32. The molecule has 0 N–H and O–H groups in total. The van der Waals surface area contributed by atoms with E-state index in [4.69, 9.17) is 0 Å². The number of carbonyl (C=O) groups excluding carboxylic acids is 1. The molecule has 1 aromatic carbocycles. The molecule has 0 atom stereocenters. The summed E-state index contributed by atoms with van der Waals surface area (Å²) in [5, 5.41) is 0. The first kappa shape index (κ1) is 16.9. The Morgan fingerprint density at radius 3 is 1.75 bits per heavy atom. The van der Waals surface area contributed by atoms with E-state index in [0.29, 0.717) is 16.6 Å². The topological polar surface area (TPSA) is 17.1 Å². The molecule has 0 unspecified atom stereocenters. The molecular formula is C18H28OSi. The van der Waals surface area contributed by atoms with Crippen molar-refractivity contribution in [1.29, 1.82) is 0 Å². The molecule has 0 saturated heterocycles. The Labute approximate surface area is 125 Å². The number of carbonyl (C=O) groups is 1. The molecule has 0 aromatic heterocycles. The minimum atomic E-state index is -1.62. The Morgan fingerprint density at radius 2 is 1.35 bits per heavy atom. The maximum absolute atomic E-state index is 12.3. The van der Waals surface area contributed by atoms with Gasteiger partial charge in [-0.15, -0.1) is 0 Å². The van der Waals surface area contributed by atoms with Crippen LogP contribution in [0.25, 0.3) is 0 Å². The zero-order valence-corrected chi connectivity index (χ0v) is 14.7. The van der Waals surface area contributed by atoms with Gasteiger partial charge in [-0.05, 0) is 22.7 Å². The summed E-state index contributed by atoms with van der Waals surface area (Å²) in [6.45, 7) is 13.9. The average molecular weight is 289 g/mol. The van der Waals surface area contributed by atoms with Gasteiger partial charge in [-0.1, -0.05) is 77.6 Å². The molecule has 1 rings (SSSR count). The molecule has 2 heteroatoms. The lowest BCUT2D eigenvalue weighted by Gasteiger charge is -2.40. The molecular weight excluding hydrogens is 260 g/mol. The maximum Gasteiger partial charge on any atom is 0.185 e. The number of benzene rings is 1. The third kappa shape index (κ3) is 3.48. The second-order valence-electron chi connectivity index (χ2n) is 6.53. The van der Waals surface area contributed by atoms with Gasteiger partial charge in [0.05, 0.1) is 8.07 Å². The van der Waals surface area contributed by atoms with Crippen molar-refractivity contribution in [3.05, 3.63) is 47.7 Å². The van der Waals surface area contributed by atoms with Gasteiger partial charge in [0.25, 0.3) is 0 Å². The van der Waals surface area contributed by atoms with Crippen LogP contribution in [-0.2, 0) is 0 Å². The molecule has 0 saturated carbocycles. The van der Waals surface area contributed by atoms with Crippen molar-refractivity contribution in [2.75, 3.05) is 0 Å². The summed E-state index contributed by atoms with van der Waals surface area (Å²) in [4.78, 5) is 12.3. The molecule has 0 heterocycles. The van der Waals surface area contributed by atoms with Gasteiger partial charge in [0.1, 0.15) is 0 Å². The highest BCUT2D eigenvalue weighted by Crippen LogP contribution is 2.42. The van der Waals surface area contributed by atoms with Gasteiger partial charge >= 0.3 is 0 Å². The van der Waals surface area contributed by atoms with Crippen molar-refractivity contribution in [2.45, 2.75) is 58.2 Å². The predicted octanol–water partition coefficient (Wildman–Crippen LogP) is 5.64. The summed E-state index contributed by atoms with van der Waals surface area (Å²) in [7, 11) is -1.62. The standard InChI is InChI=1S/C18H28OSi/c1-14(2)20(15(3)4,16(5)6)13-12-18(19)17-10-8-7-9-11-17/h7-16H,1-6H3/b13-12+. The molecule has 110 valence electrons. The van der Waals surface area contributed by atoms with E-state index in [1.807, 2.05) is 36.4 Å². The monoisotopic (exact) mass is 288 g/mol. The Morgan fingerprint density at radius 1 is 0.900 bits per heavy atom. The Hall–Kier alpha value is -1.15. The zero-order chi connectivity index (χ0) is 15.3. The Balaban J connectivity index is 3.07. The molecule has 20 heavy (non-hydrogen) atoms. The van der Waals surface area contributed by atoms with Crippen LogP contribution in [0.15, 0.2) is 42.1 Å². The second-order valence-corrected chi connectivity index (χ2v) is 12.3. The zero-order valence-electron chi connectivity index (χ0n) is 13.7. The van der Waals surface area contributed by atoms with E-state index >= 15 is 0 Å². The number of allylic oxidation sites excluding steroid dienone is 1. The summed E-state index contributed by atoms with van der Waals surface area (Å²) >= 11 is 0. The molecule has 0 bridgehead atoms. The first-order valence-corrected chi connectivity index (χ1v) is 9.92. The van der Waals surface area contributed by atoms with Crippen molar-refractivity contribution in [1.82, 2.24) is 0 Å². The molecule has 0 aliphatic heterocycles. The first-order valence-electron chi connectivity index (χ1n) is 7.61. The van der Waals surface area contributed by atoms with Crippen LogP contribution in [-0.4, -0.2) is 13.9 Å². The molecule has 0 aliphatic carbocycles. The highest BCUT2D eigenvalue weighted by molar-refractivity contribution is 6.88. The third-order valence-electron chi connectivity index (χ3n) is 4.58. The Kier molecular flexibility index (Phi) is 5.94. The van der Waals surface area contributed by atoms with E-state index in [2.05, 4.69) is 47.2 Å². The van der Waals surface area contributed by atoms with Crippen molar-refractivity contribution < 1.29 is 4.79 Å². The van der Waals surface area contributed by atoms with Crippen molar-refractivity contribution >= 4 is 13.9 Å². The van der Waals surface area contributed by atoms with E-state index in [-0.39, 0.29) is 5.78 Å². The molecule has 0 aliphatic rings. The SMILES string of the molecule is CC(C)[Si](/C=C/C(=O)c1ccccc1)(C(C)C)C(C)C. The fourth-order valence-electron chi connectivity index (χ4n) is 3.50. The van der Waals surface area contributed by atoms with Gasteiger partial charge in [0.15, 0.2) is 5.78 Å². The lowest BCUT2D eigenvalue weighted by atomic mass is 10.1. The minimum absolute atomic E-state index is 0.129. The molecule has 0 radical (unpaired) electrons. The van der Waals surface area contributed by atoms with E-state index < -0.39 is 8.07 Å². The highest BCUT2D eigenvalue weighted by Gasteiger charge is 2.40. The van der Waals surface area contributed by atoms with Gasteiger partial charge in [-0.25, -0.2) is 0 Å². The van der Waals surface area contributed by atoms with Crippen molar-refractivity contribution in [2.24, 2.45) is 0 Å². The normalized spacial score (nSPS) is 12.8. The maximum atomic E-state index is 12.3. The molecule has 1 nitrogen and oxygen atoms in total. The lowest BCUT2D eigenvalue weighted by molar-refractivity contribution is 0.104. The summed E-state index contributed by atoms with van der Waals surface area (Å²) < 4.78 is 0. The number of ketones is 1. The smallest absolute Gasteiger partial charge is 0.185 e. The molecule has 0 fully saturated rings. The number of hydrogen-bond acceptors (Lipinski definition) is 1. The minimum Gasteiger partial charge on any atom is -0.289 e. The highest BCUT2D eigenvalue weighted by atomic mass is 28.3. The van der Waals surface area contributed by atoms with Crippen LogP contribution in [0.4, 0.5) is 0 Å². The molecule has 1 aromatic rings. The van der Waals surface area contributed by atoms with Crippen LogP contribution >= 0.6 is 0 Å². The fourth-order valence-corrected chi connectivity index (χ4v) is 9.09. The van der Waals surface area contributed by atoms with E-state index in [1.54, 1.807) is 0 Å².